The number of hydrogen-bond donors (Lipinski definition) is 2. The van der Waals surface area contributed by atoms with Gasteiger partial charge in [-0.2, -0.15) is 0 Å². The van der Waals surface area contributed by atoms with Crippen LogP contribution in [0.2, 0.25) is 0 Å². The first-order valence-electron chi connectivity index (χ1n) is 6.64. The minimum absolute atomic E-state index is 0.344. The number of aliphatic hydroxyl groups is 1. The molecule has 96 valence electrons. The Morgan fingerprint density at radius 1 is 1.28 bits per heavy atom. The summed E-state index contributed by atoms with van der Waals surface area (Å²) in [5.41, 5.74) is 1.28. The summed E-state index contributed by atoms with van der Waals surface area (Å²) in [4.78, 5) is 10.8. The van der Waals surface area contributed by atoms with Crippen molar-refractivity contribution < 1.29 is 15.0 Å². The molecule has 0 bridgehead atoms. The summed E-state index contributed by atoms with van der Waals surface area (Å²) in [5, 5.41) is 19.3. The molecule has 0 atom stereocenters. The van der Waals surface area contributed by atoms with E-state index in [0.29, 0.717) is 18.8 Å². The summed E-state index contributed by atoms with van der Waals surface area (Å²) < 4.78 is 0. The Balaban J connectivity index is 1.78. The maximum Gasteiger partial charge on any atom is 0.306 e. The molecule has 0 amide bonds. The molecule has 1 aromatic carbocycles. The summed E-state index contributed by atoms with van der Waals surface area (Å²) in [6, 6.07) is 8.08. The predicted molar refractivity (Wildman–Crippen MR) is 67.3 cm³/mol. The lowest BCUT2D eigenvalue weighted by Gasteiger charge is -2.42. The number of carbonyl (C=O) groups is 1. The minimum atomic E-state index is -0.914. The molecule has 0 saturated heterocycles. The summed E-state index contributed by atoms with van der Waals surface area (Å²) in [5.74, 6) is -0.541. The van der Waals surface area contributed by atoms with Crippen LogP contribution >= 0.6 is 0 Å². The van der Waals surface area contributed by atoms with Crippen molar-refractivity contribution >= 4 is 5.97 Å². The van der Waals surface area contributed by atoms with Gasteiger partial charge < -0.3 is 10.2 Å². The molecule has 2 N–H and O–H groups in total. The van der Waals surface area contributed by atoms with Crippen LogP contribution in [0.5, 0.6) is 0 Å². The highest BCUT2D eigenvalue weighted by molar-refractivity contribution is 5.71. The standard InChI is InChI=1S/C15H18O3/c16-14(17)12-8-15(18,9-12)13-6-2-5-11(7-13)10-3-1-4-10/h2,5-7,10,12,18H,1,3-4,8-9H2,(H,16,17). The van der Waals surface area contributed by atoms with E-state index in [1.807, 2.05) is 12.1 Å². The van der Waals surface area contributed by atoms with Gasteiger partial charge in [0.1, 0.15) is 0 Å². The van der Waals surface area contributed by atoms with Gasteiger partial charge >= 0.3 is 5.97 Å². The van der Waals surface area contributed by atoms with Crippen LogP contribution in [0, 0.1) is 5.92 Å². The molecule has 0 radical (unpaired) electrons. The highest BCUT2D eigenvalue weighted by atomic mass is 16.4. The normalized spacial score (nSPS) is 31.5. The number of hydrogen-bond acceptors (Lipinski definition) is 2. The number of carboxylic acids is 1. The van der Waals surface area contributed by atoms with Gasteiger partial charge in [0, 0.05) is 0 Å². The highest BCUT2D eigenvalue weighted by Gasteiger charge is 2.47. The molecule has 1 aromatic rings. The van der Waals surface area contributed by atoms with Crippen molar-refractivity contribution in [3.05, 3.63) is 35.4 Å². The van der Waals surface area contributed by atoms with E-state index in [9.17, 15) is 9.90 Å². The minimum Gasteiger partial charge on any atom is -0.481 e. The quantitative estimate of drug-likeness (QED) is 0.862. The Hall–Kier alpha value is -1.35. The van der Waals surface area contributed by atoms with Gasteiger partial charge in [-0.15, -0.1) is 0 Å². The van der Waals surface area contributed by atoms with Crippen molar-refractivity contribution in [2.75, 3.05) is 0 Å². The monoisotopic (exact) mass is 246 g/mol. The Bertz CT molecular complexity index is 470. The molecule has 2 saturated carbocycles. The van der Waals surface area contributed by atoms with Gasteiger partial charge in [-0.05, 0) is 42.7 Å². The van der Waals surface area contributed by atoms with Crippen molar-refractivity contribution in [2.24, 2.45) is 5.92 Å². The first-order chi connectivity index (χ1) is 8.58. The van der Waals surface area contributed by atoms with E-state index >= 15 is 0 Å². The molecule has 0 heterocycles. The average Bonchev–Trinajstić information content (AvgIpc) is 2.22. The Kier molecular flexibility index (Phi) is 2.67. The number of benzene rings is 1. The number of rotatable bonds is 3. The van der Waals surface area contributed by atoms with Crippen molar-refractivity contribution in [1.29, 1.82) is 0 Å². The zero-order chi connectivity index (χ0) is 12.8. The fourth-order valence-corrected chi connectivity index (χ4v) is 2.99. The lowest BCUT2D eigenvalue weighted by Crippen LogP contribution is -2.44. The van der Waals surface area contributed by atoms with Gasteiger partial charge in [-0.3, -0.25) is 4.79 Å². The fourth-order valence-electron chi connectivity index (χ4n) is 2.99. The van der Waals surface area contributed by atoms with Crippen molar-refractivity contribution in [3.63, 3.8) is 0 Å². The molecule has 18 heavy (non-hydrogen) atoms. The molecule has 3 rings (SSSR count). The van der Waals surface area contributed by atoms with Gasteiger partial charge in [0.25, 0.3) is 0 Å². The third-order valence-electron chi connectivity index (χ3n) is 4.52. The van der Waals surface area contributed by atoms with Crippen molar-refractivity contribution in [2.45, 2.75) is 43.6 Å². The van der Waals surface area contributed by atoms with Crippen LogP contribution in [0.1, 0.15) is 49.1 Å². The lowest BCUT2D eigenvalue weighted by atomic mass is 9.66. The maximum atomic E-state index is 10.8. The van der Waals surface area contributed by atoms with Gasteiger partial charge in [0.15, 0.2) is 0 Å². The second-order valence-corrected chi connectivity index (χ2v) is 5.73. The molecule has 0 spiro atoms. The molecule has 2 aliphatic rings. The molecule has 3 nitrogen and oxygen atoms in total. The van der Waals surface area contributed by atoms with Crippen LogP contribution in [0.4, 0.5) is 0 Å². The largest absolute Gasteiger partial charge is 0.481 e. The van der Waals surface area contributed by atoms with Crippen LogP contribution in [0.25, 0.3) is 0 Å². The number of aliphatic carboxylic acids is 1. The maximum absolute atomic E-state index is 10.8. The third kappa shape index (κ3) is 1.83. The number of carboxylic acid groups (broad SMARTS) is 1. The van der Waals surface area contributed by atoms with E-state index in [4.69, 9.17) is 5.11 Å². The molecule has 3 heteroatoms. The first kappa shape index (κ1) is 11.7. The van der Waals surface area contributed by atoms with E-state index in [1.54, 1.807) is 0 Å². The lowest BCUT2D eigenvalue weighted by molar-refractivity contribution is -0.159. The van der Waals surface area contributed by atoms with Gasteiger partial charge in [0.2, 0.25) is 0 Å². The molecular weight excluding hydrogens is 228 g/mol. The predicted octanol–water partition coefficient (Wildman–Crippen LogP) is 2.64. The Labute approximate surface area is 106 Å². The molecule has 2 aliphatic carbocycles. The zero-order valence-corrected chi connectivity index (χ0v) is 10.3. The SMILES string of the molecule is O=C(O)C1CC(O)(c2cccc(C3CCC3)c2)C1. The molecule has 0 aromatic heterocycles. The van der Waals surface area contributed by atoms with Crippen LogP contribution < -0.4 is 0 Å². The third-order valence-corrected chi connectivity index (χ3v) is 4.52. The topological polar surface area (TPSA) is 57.5 Å². The second kappa shape index (κ2) is 4.09. The Morgan fingerprint density at radius 3 is 2.56 bits per heavy atom. The Morgan fingerprint density at radius 2 is 2.00 bits per heavy atom. The zero-order valence-electron chi connectivity index (χ0n) is 10.3. The summed E-state index contributed by atoms with van der Waals surface area (Å²) in [6.07, 6.45) is 4.45. The van der Waals surface area contributed by atoms with E-state index in [0.717, 1.165) is 5.56 Å². The first-order valence-corrected chi connectivity index (χ1v) is 6.64. The van der Waals surface area contributed by atoms with Gasteiger partial charge in [0.05, 0.1) is 11.5 Å². The summed E-state index contributed by atoms with van der Waals surface area (Å²) in [7, 11) is 0. The van der Waals surface area contributed by atoms with E-state index in [2.05, 4.69) is 12.1 Å². The van der Waals surface area contributed by atoms with Gasteiger partial charge in [-0.1, -0.05) is 30.7 Å². The van der Waals surface area contributed by atoms with E-state index < -0.39 is 11.6 Å². The van der Waals surface area contributed by atoms with Crippen LogP contribution in [-0.2, 0) is 10.4 Å². The smallest absolute Gasteiger partial charge is 0.306 e. The highest BCUT2D eigenvalue weighted by Crippen LogP contribution is 2.47. The average molecular weight is 246 g/mol. The second-order valence-electron chi connectivity index (χ2n) is 5.73. The molecule has 0 unspecified atom stereocenters. The van der Waals surface area contributed by atoms with Crippen LogP contribution in [0.15, 0.2) is 24.3 Å². The van der Waals surface area contributed by atoms with E-state index in [1.165, 1.54) is 24.8 Å². The molecular formula is C15H18O3. The van der Waals surface area contributed by atoms with E-state index in [-0.39, 0.29) is 5.92 Å². The molecule has 2 fully saturated rings. The summed E-state index contributed by atoms with van der Waals surface area (Å²) in [6.45, 7) is 0. The van der Waals surface area contributed by atoms with Crippen LogP contribution in [-0.4, -0.2) is 16.2 Å². The summed E-state index contributed by atoms with van der Waals surface area (Å²) >= 11 is 0. The fraction of sp³-hybridized carbons (Fsp3) is 0.533. The van der Waals surface area contributed by atoms with Crippen LogP contribution in [0.3, 0.4) is 0 Å². The van der Waals surface area contributed by atoms with Gasteiger partial charge in [-0.25, -0.2) is 0 Å². The molecule has 0 aliphatic heterocycles. The van der Waals surface area contributed by atoms with Crippen molar-refractivity contribution in [1.82, 2.24) is 0 Å². The van der Waals surface area contributed by atoms with Crippen molar-refractivity contribution in [3.8, 4) is 0 Å².